The van der Waals surface area contributed by atoms with E-state index in [1.807, 2.05) is 0 Å². The molecule has 200 valence electrons. The number of nitrogens with one attached hydrogen (secondary N) is 1. The molecule has 2 amide bonds. The highest BCUT2D eigenvalue weighted by molar-refractivity contribution is 8.18. The number of thioether (sulfide) groups is 1. The molecule has 0 saturated carbocycles. The fourth-order valence-corrected chi connectivity index (χ4v) is 5.54. The Morgan fingerprint density at radius 3 is 2.53 bits per heavy atom. The van der Waals surface area contributed by atoms with Gasteiger partial charge in [0.15, 0.2) is 0 Å². The fraction of sp³-hybridized carbons (Fsp3) is 0.320. The van der Waals surface area contributed by atoms with Crippen molar-refractivity contribution in [2.24, 2.45) is 0 Å². The molecule has 2 saturated heterocycles. The first-order valence-electron chi connectivity index (χ1n) is 11.6. The Morgan fingerprint density at radius 2 is 1.84 bits per heavy atom. The highest BCUT2D eigenvalue weighted by Gasteiger charge is 2.40. The lowest BCUT2D eigenvalue weighted by Crippen LogP contribution is -2.47. The summed E-state index contributed by atoms with van der Waals surface area (Å²) in [6.07, 6.45) is -5.29. The predicted molar refractivity (Wildman–Crippen MR) is 129 cm³/mol. The van der Waals surface area contributed by atoms with Gasteiger partial charge in [-0.15, -0.1) is 0 Å². The first-order chi connectivity index (χ1) is 17.9. The number of hydrogen-bond donors (Lipinski definition) is 1. The molecule has 3 aromatic rings. The van der Waals surface area contributed by atoms with E-state index in [1.165, 1.54) is 15.8 Å². The summed E-state index contributed by atoms with van der Waals surface area (Å²) in [5, 5.41) is 7.52. The van der Waals surface area contributed by atoms with Crippen LogP contribution in [-0.4, -0.2) is 45.0 Å². The number of rotatable bonds is 4. The Morgan fingerprint density at radius 1 is 1.05 bits per heavy atom. The Balaban J connectivity index is 1.40. The largest absolute Gasteiger partial charge is 0.416 e. The van der Waals surface area contributed by atoms with E-state index in [1.54, 1.807) is 24.3 Å². The second kappa shape index (κ2) is 9.77. The minimum absolute atomic E-state index is 0.107. The summed E-state index contributed by atoms with van der Waals surface area (Å²) >= 11 is 0.853. The Labute approximate surface area is 216 Å². The first-order valence-corrected chi connectivity index (χ1v) is 12.4. The summed E-state index contributed by atoms with van der Waals surface area (Å²) in [6, 6.07) is 6.24. The zero-order chi connectivity index (χ0) is 27.2. The summed E-state index contributed by atoms with van der Waals surface area (Å²) in [5.74, 6) is -0.369. The molecule has 1 N–H and O–H groups in total. The molecule has 2 fully saturated rings. The number of alkyl halides is 6. The van der Waals surface area contributed by atoms with Crippen LogP contribution in [0, 0.1) is 0 Å². The second-order valence-electron chi connectivity index (χ2n) is 9.04. The zero-order valence-electron chi connectivity index (χ0n) is 19.6. The van der Waals surface area contributed by atoms with Crippen molar-refractivity contribution >= 4 is 39.9 Å². The molecular formula is C25H20F6N4O2S. The number of carbonyl (C=O) groups is 2. The summed E-state index contributed by atoms with van der Waals surface area (Å²) in [7, 11) is 0. The summed E-state index contributed by atoms with van der Waals surface area (Å²) < 4.78 is 80.9. The van der Waals surface area contributed by atoms with Gasteiger partial charge in [0.25, 0.3) is 11.1 Å². The van der Waals surface area contributed by atoms with Crippen molar-refractivity contribution in [2.45, 2.75) is 37.8 Å². The van der Waals surface area contributed by atoms with Crippen molar-refractivity contribution in [1.82, 2.24) is 20.0 Å². The zero-order valence-corrected chi connectivity index (χ0v) is 20.4. The van der Waals surface area contributed by atoms with Crippen molar-refractivity contribution in [1.29, 1.82) is 0 Å². The molecule has 38 heavy (non-hydrogen) atoms. The standard InChI is InChI=1S/C25H20F6N4O2S/c26-24(27,28)17-5-4-15(19(10-17)25(29,30)31)13-34-20-6-3-14(8-16(20)11-33-34)9-21-22(36)35(23(37)38-21)18-2-1-7-32-12-18/h3-6,8-11,18,32H,1-2,7,12-13H2/b21-9-. The van der Waals surface area contributed by atoms with Gasteiger partial charge < -0.3 is 5.32 Å². The summed E-state index contributed by atoms with van der Waals surface area (Å²) in [5.41, 5.74) is -2.07. The van der Waals surface area contributed by atoms with Gasteiger partial charge >= 0.3 is 12.4 Å². The average Bonchev–Trinajstić information content (AvgIpc) is 3.37. The quantitative estimate of drug-likeness (QED) is 0.321. The van der Waals surface area contributed by atoms with Gasteiger partial charge in [0.05, 0.1) is 40.3 Å². The van der Waals surface area contributed by atoms with Crippen LogP contribution in [0.5, 0.6) is 0 Å². The molecule has 5 rings (SSSR count). The van der Waals surface area contributed by atoms with Crippen molar-refractivity contribution < 1.29 is 35.9 Å². The number of halogens is 6. The van der Waals surface area contributed by atoms with Gasteiger partial charge in [0.1, 0.15) is 0 Å². The Kier molecular flexibility index (Phi) is 6.76. The number of imide groups is 1. The lowest BCUT2D eigenvalue weighted by Gasteiger charge is -2.29. The van der Waals surface area contributed by atoms with Gasteiger partial charge in [0.2, 0.25) is 0 Å². The Hall–Kier alpha value is -3.32. The average molecular weight is 555 g/mol. The number of benzene rings is 2. The molecule has 0 radical (unpaired) electrons. The number of nitrogens with zero attached hydrogens (tertiary/aromatic N) is 3. The molecule has 0 spiro atoms. The third kappa shape index (κ3) is 5.17. The lowest BCUT2D eigenvalue weighted by molar-refractivity contribution is -0.143. The van der Waals surface area contributed by atoms with E-state index in [2.05, 4.69) is 10.4 Å². The van der Waals surface area contributed by atoms with Crippen LogP contribution in [0.25, 0.3) is 17.0 Å². The molecule has 1 unspecified atom stereocenters. The smallest absolute Gasteiger partial charge is 0.315 e. The van der Waals surface area contributed by atoms with E-state index < -0.39 is 30.0 Å². The van der Waals surface area contributed by atoms with Crippen LogP contribution in [-0.2, 0) is 23.7 Å². The number of piperidine rings is 1. The number of hydrogen-bond acceptors (Lipinski definition) is 5. The highest BCUT2D eigenvalue weighted by atomic mass is 32.2. The summed E-state index contributed by atoms with van der Waals surface area (Å²) in [6.45, 7) is 0.988. The molecule has 0 bridgehead atoms. The molecule has 0 aliphatic carbocycles. The van der Waals surface area contributed by atoms with Gasteiger partial charge in [-0.25, -0.2) is 0 Å². The van der Waals surface area contributed by atoms with Gasteiger partial charge in [0, 0.05) is 11.9 Å². The fourth-order valence-electron chi connectivity index (χ4n) is 4.64. The maximum Gasteiger partial charge on any atom is 0.416 e. The van der Waals surface area contributed by atoms with Gasteiger partial charge in [-0.3, -0.25) is 19.2 Å². The van der Waals surface area contributed by atoms with E-state index in [9.17, 15) is 35.9 Å². The normalized spacial score (nSPS) is 20.2. The second-order valence-corrected chi connectivity index (χ2v) is 10.0. The maximum absolute atomic E-state index is 13.5. The first kappa shape index (κ1) is 26.3. The molecule has 2 aliphatic rings. The van der Waals surface area contributed by atoms with Crippen LogP contribution in [0.1, 0.15) is 35.1 Å². The molecule has 2 aromatic carbocycles. The minimum Gasteiger partial charge on any atom is -0.315 e. The van der Waals surface area contributed by atoms with Crippen LogP contribution in [0.15, 0.2) is 47.5 Å². The van der Waals surface area contributed by atoms with E-state index in [0.29, 0.717) is 29.1 Å². The maximum atomic E-state index is 13.5. The van der Waals surface area contributed by atoms with Gasteiger partial charge in [-0.1, -0.05) is 12.1 Å². The number of amides is 2. The molecular weight excluding hydrogens is 534 g/mol. The van der Waals surface area contributed by atoms with Crippen LogP contribution in [0.3, 0.4) is 0 Å². The molecule has 6 nitrogen and oxygen atoms in total. The van der Waals surface area contributed by atoms with E-state index in [4.69, 9.17) is 0 Å². The number of carbonyl (C=O) groups excluding carboxylic acids is 2. The van der Waals surface area contributed by atoms with Gasteiger partial charge in [-0.2, -0.15) is 31.4 Å². The molecule has 2 aliphatic heterocycles. The summed E-state index contributed by atoms with van der Waals surface area (Å²) in [4.78, 5) is 26.9. The predicted octanol–water partition coefficient (Wildman–Crippen LogP) is 5.91. The van der Waals surface area contributed by atoms with Crippen LogP contribution in [0.4, 0.5) is 31.1 Å². The van der Waals surface area contributed by atoms with E-state index in [0.717, 1.165) is 37.2 Å². The van der Waals surface area contributed by atoms with Crippen molar-refractivity contribution in [3.8, 4) is 0 Å². The van der Waals surface area contributed by atoms with Crippen LogP contribution in [0.2, 0.25) is 0 Å². The third-order valence-electron chi connectivity index (χ3n) is 6.49. The molecule has 13 heteroatoms. The highest BCUT2D eigenvalue weighted by Crippen LogP contribution is 2.38. The number of aromatic nitrogens is 2. The van der Waals surface area contributed by atoms with Crippen molar-refractivity contribution in [3.05, 3.63) is 69.8 Å². The lowest BCUT2D eigenvalue weighted by atomic mass is 10.0. The number of fused-ring (bicyclic) bond motifs is 1. The molecule has 3 heterocycles. The van der Waals surface area contributed by atoms with Gasteiger partial charge in [-0.05, 0) is 72.6 Å². The Bertz CT molecular complexity index is 1440. The van der Waals surface area contributed by atoms with E-state index in [-0.39, 0.29) is 33.7 Å². The van der Waals surface area contributed by atoms with Crippen molar-refractivity contribution in [3.63, 3.8) is 0 Å². The minimum atomic E-state index is -4.98. The van der Waals surface area contributed by atoms with Crippen molar-refractivity contribution in [2.75, 3.05) is 13.1 Å². The monoisotopic (exact) mass is 554 g/mol. The van der Waals surface area contributed by atoms with Crippen LogP contribution >= 0.6 is 11.8 Å². The SMILES string of the molecule is O=C1S/C(=C\c2ccc3c(cnn3Cc3ccc(C(F)(F)F)cc3C(F)(F)F)c2)C(=O)N1C1CCCNC1. The topological polar surface area (TPSA) is 67.2 Å². The molecule has 1 atom stereocenters. The molecule has 1 aromatic heterocycles. The van der Waals surface area contributed by atoms with E-state index >= 15 is 0 Å². The van der Waals surface area contributed by atoms with Crippen LogP contribution < -0.4 is 5.32 Å². The third-order valence-corrected chi connectivity index (χ3v) is 7.37.